The maximum atomic E-state index is 11.3. The third kappa shape index (κ3) is 2.64. The van der Waals surface area contributed by atoms with Gasteiger partial charge in [0, 0.05) is 0 Å². The topological polar surface area (TPSA) is 26.3 Å². The van der Waals surface area contributed by atoms with E-state index in [1.165, 1.54) is 17.5 Å². The van der Waals surface area contributed by atoms with Crippen LogP contribution in [0.5, 0.6) is 0 Å². The van der Waals surface area contributed by atoms with Gasteiger partial charge in [0.15, 0.2) is 0 Å². The van der Waals surface area contributed by atoms with Crippen LogP contribution in [0.1, 0.15) is 36.5 Å². The lowest BCUT2D eigenvalue weighted by Gasteiger charge is -2.17. The minimum Gasteiger partial charge on any atom is -0.457 e. The Morgan fingerprint density at radius 3 is 3.00 bits per heavy atom. The first-order valence-corrected chi connectivity index (χ1v) is 6.76. The molecule has 3 heteroatoms. The molecule has 0 fully saturated rings. The van der Waals surface area contributed by atoms with Crippen LogP contribution in [0, 0.1) is 0 Å². The Bertz CT molecular complexity index is 376. The minimum atomic E-state index is -0.179. The second kappa shape index (κ2) is 5.48. The fourth-order valence-electron chi connectivity index (χ4n) is 2.19. The van der Waals surface area contributed by atoms with Gasteiger partial charge in [0.1, 0.15) is 11.4 Å². The molecule has 0 N–H and O–H groups in total. The first kappa shape index (κ1) is 11.6. The number of halogens is 1. The molecule has 0 aliphatic heterocycles. The summed E-state index contributed by atoms with van der Waals surface area (Å²) >= 11 is 3.13. The SMILES string of the molecule is O=C(CBr)OC1CCCCc2ccccc21. The number of hydrogen-bond acceptors (Lipinski definition) is 2. The molecule has 0 saturated carbocycles. The van der Waals surface area contributed by atoms with E-state index in [0.717, 1.165) is 19.3 Å². The summed E-state index contributed by atoms with van der Waals surface area (Å²) in [5, 5.41) is 0.270. The van der Waals surface area contributed by atoms with Crippen LogP contribution in [0.25, 0.3) is 0 Å². The highest BCUT2D eigenvalue weighted by atomic mass is 79.9. The summed E-state index contributed by atoms with van der Waals surface area (Å²) in [6, 6.07) is 8.27. The summed E-state index contributed by atoms with van der Waals surface area (Å²) in [5.41, 5.74) is 2.52. The Morgan fingerprint density at radius 2 is 2.19 bits per heavy atom. The van der Waals surface area contributed by atoms with Gasteiger partial charge in [0.05, 0.1) is 0 Å². The van der Waals surface area contributed by atoms with Crippen LogP contribution in [0.15, 0.2) is 24.3 Å². The van der Waals surface area contributed by atoms with Crippen LogP contribution in [0.3, 0.4) is 0 Å². The van der Waals surface area contributed by atoms with E-state index in [-0.39, 0.29) is 17.4 Å². The molecule has 0 heterocycles. The minimum absolute atomic E-state index is 0.0521. The van der Waals surface area contributed by atoms with Gasteiger partial charge >= 0.3 is 5.97 Å². The van der Waals surface area contributed by atoms with E-state index >= 15 is 0 Å². The van der Waals surface area contributed by atoms with Crippen molar-refractivity contribution in [2.24, 2.45) is 0 Å². The van der Waals surface area contributed by atoms with Gasteiger partial charge in [-0.25, -0.2) is 0 Å². The highest BCUT2D eigenvalue weighted by molar-refractivity contribution is 9.09. The van der Waals surface area contributed by atoms with Crippen molar-refractivity contribution in [1.29, 1.82) is 0 Å². The zero-order valence-electron chi connectivity index (χ0n) is 9.12. The highest BCUT2D eigenvalue weighted by Crippen LogP contribution is 2.31. The molecule has 1 atom stereocenters. The lowest BCUT2D eigenvalue weighted by Crippen LogP contribution is -2.12. The first-order chi connectivity index (χ1) is 7.81. The Kier molecular flexibility index (Phi) is 3.99. The maximum Gasteiger partial charge on any atom is 0.317 e. The van der Waals surface area contributed by atoms with Gasteiger partial charge in [0.2, 0.25) is 0 Å². The van der Waals surface area contributed by atoms with Gasteiger partial charge in [-0.3, -0.25) is 4.79 Å². The third-order valence-electron chi connectivity index (χ3n) is 2.95. The number of aryl methyl sites for hydroxylation is 1. The smallest absolute Gasteiger partial charge is 0.317 e. The lowest BCUT2D eigenvalue weighted by atomic mass is 10.0. The Balaban J connectivity index is 2.22. The number of rotatable bonds is 2. The van der Waals surface area contributed by atoms with Crippen molar-refractivity contribution in [2.75, 3.05) is 5.33 Å². The van der Waals surface area contributed by atoms with Crippen molar-refractivity contribution in [2.45, 2.75) is 31.8 Å². The summed E-state index contributed by atoms with van der Waals surface area (Å²) in [6.45, 7) is 0. The van der Waals surface area contributed by atoms with Crippen molar-refractivity contribution >= 4 is 21.9 Å². The molecule has 2 nitrogen and oxygen atoms in total. The van der Waals surface area contributed by atoms with E-state index in [1.807, 2.05) is 12.1 Å². The van der Waals surface area contributed by atoms with Crippen molar-refractivity contribution in [3.8, 4) is 0 Å². The average molecular weight is 283 g/mol. The molecule has 0 bridgehead atoms. The van der Waals surface area contributed by atoms with E-state index in [9.17, 15) is 4.79 Å². The molecule has 1 aromatic rings. The van der Waals surface area contributed by atoms with E-state index in [2.05, 4.69) is 28.1 Å². The fourth-order valence-corrected chi connectivity index (χ4v) is 2.32. The summed E-state index contributed by atoms with van der Waals surface area (Å²) in [4.78, 5) is 11.3. The molecule has 2 rings (SSSR count). The molecule has 1 aliphatic carbocycles. The Labute approximate surface area is 104 Å². The third-order valence-corrected chi connectivity index (χ3v) is 3.41. The van der Waals surface area contributed by atoms with Crippen LogP contribution in [-0.4, -0.2) is 11.3 Å². The zero-order chi connectivity index (χ0) is 11.4. The van der Waals surface area contributed by atoms with Gasteiger partial charge in [-0.05, 0) is 36.8 Å². The standard InChI is InChI=1S/C13H15BrO2/c14-9-13(15)16-12-8-4-2-6-10-5-1-3-7-11(10)12/h1,3,5,7,12H,2,4,6,8-9H2. The molecular formula is C13H15BrO2. The number of carbonyl (C=O) groups excluding carboxylic acids is 1. The van der Waals surface area contributed by atoms with Crippen molar-refractivity contribution in [1.82, 2.24) is 0 Å². The maximum absolute atomic E-state index is 11.3. The van der Waals surface area contributed by atoms with Crippen LogP contribution < -0.4 is 0 Å². The number of hydrogen-bond donors (Lipinski definition) is 0. The summed E-state index contributed by atoms with van der Waals surface area (Å²) in [5.74, 6) is -0.179. The molecule has 0 radical (unpaired) electrons. The predicted molar refractivity (Wildman–Crippen MR) is 66.6 cm³/mol. The molecule has 16 heavy (non-hydrogen) atoms. The number of alkyl halides is 1. The van der Waals surface area contributed by atoms with Crippen LogP contribution in [-0.2, 0) is 16.0 Å². The van der Waals surface area contributed by atoms with Crippen LogP contribution >= 0.6 is 15.9 Å². The molecule has 0 saturated heterocycles. The molecule has 1 unspecified atom stereocenters. The van der Waals surface area contributed by atoms with Gasteiger partial charge < -0.3 is 4.74 Å². The molecule has 86 valence electrons. The molecule has 1 aromatic carbocycles. The van der Waals surface area contributed by atoms with Gasteiger partial charge in [0.25, 0.3) is 0 Å². The lowest BCUT2D eigenvalue weighted by molar-refractivity contribution is -0.146. The van der Waals surface area contributed by atoms with Crippen LogP contribution in [0.2, 0.25) is 0 Å². The largest absolute Gasteiger partial charge is 0.457 e. The molecule has 1 aliphatic rings. The van der Waals surface area contributed by atoms with E-state index < -0.39 is 0 Å². The van der Waals surface area contributed by atoms with Crippen molar-refractivity contribution in [3.05, 3.63) is 35.4 Å². The number of ether oxygens (including phenoxy) is 1. The number of carbonyl (C=O) groups is 1. The van der Waals surface area contributed by atoms with Gasteiger partial charge in [-0.2, -0.15) is 0 Å². The molecule has 0 spiro atoms. The van der Waals surface area contributed by atoms with Crippen molar-refractivity contribution in [3.63, 3.8) is 0 Å². The molecule has 0 aromatic heterocycles. The second-order valence-electron chi connectivity index (χ2n) is 4.06. The predicted octanol–water partition coefficient (Wildman–Crippen LogP) is 3.39. The van der Waals surface area contributed by atoms with E-state index in [1.54, 1.807) is 0 Å². The first-order valence-electron chi connectivity index (χ1n) is 5.64. The van der Waals surface area contributed by atoms with Crippen molar-refractivity contribution < 1.29 is 9.53 Å². The monoisotopic (exact) mass is 282 g/mol. The highest BCUT2D eigenvalue weighted by Gasteiger charge is 2.21. The normalized spacial score (nSPS) is 19.7. The summed E-state index contributed by atoms with van der Waals surface area (Å²) in [7, 11) is 0. The zero-order valence-corrected chi connectivity index (χ0v) is 10.7. The van der Waals surface area contributed by atoms with Gasteiger partial charge in [-0.1, -0.05) is 40.2 Å². The van der Waals surface area contributed by atoms with Gasteiger partial charge in [-0.15, -0.1) is 0 Å². The Hall–Kier alpha value is -0.830. The number of fused-ring (bicyclic) bond motifs is 1. The summed E-state index contributed by atoms with van der Waals surface area (Å²) in [6.07, 6.45) is 4.28. The number of esters is 1. The Morgan fingerprint density at radius 1 is 1.38 bits per heavy atom. The second-order valence-corrected chi connectivity index (χ2v) is 4.62. The molecule has 0 amide bonds. The quantitative estimate of drug-likeness (QED) is 0.472. The summed E-state index contributed by atoms with van der Waals surface area (Å²) < 4.78 is 5.46. The average Bonchev–Trinajstić information content (AvgIpc) is 2.52. The van der Waals surface area contributed by atoms with E-state index in [0.29, 0.717) is 0 Å². The molecular weight excluding hydrogens is 268 g/mol. The fraction of sp³-hybridized carbons (Fsp3) is 0.462. The van der Waals surface area contributed by atoms with E-state index in [4.69, 9.17) is 4.74 Å². The number of benzene rings is 1. The van der Waals surface area contributed by atoms with Crippen LogP contribution in [0.4, 0.5) is 0 Å².